The van der Waals surface area contributed by atoms with Gasteiger partial charge < -0.3 is 5.32 Å². The van der Waals surface area contributed by atoms with E-state index in [0.717, 1.165) is 6.54 Å². The van der Waals surface area contributed by atoms with Gasteiger partial charge in [-0.05, 0) is 19.9 Å². The molecule has 0 aliphatic heterocycles. The maximum absolute atomic E-state index is 4.51. The van der Waals surface area contributed by atoms with Crippen molar-refractivity contribution in [3.63, 3.8) is 0 Å². The number of thiazole rings is 1. The van der Waals surface area contributed by atoms with Gasteiger partial charge in [0.15, 0.2) is 0 Å². The maximum Gasteiger partial charge on any atom is 0.0900 e. The van der Waals surface area contributed by atoms with Crippen LogP contribution in [0.5, 0.6) is 0 Å². The van der Waals surface area contributed by atoms with Gasteiger partial charge in [0.25, 0.3) is 0 Å². The molecule has 0 saturated carbocycles. The van der Waals surface area contributed by atoms with Gasteiger partial charge >= 0.3 is 0 Å². The predicted octanol–water partition coefficient (Wildman–Crippen LogP) is 2.29. The molecule has 0 radical (unpaired) electrons. The molecule has 0 saturated heterocycles. The van der Waals surface area contributed by atoms with Crippen LogP contribution >= 0.6 is 11.3 Å². The molecule has 1 heterocycles. The second-order valence-corrected chi connectivity index (χ2v) is 4.51. The van der Waals surface area contributed by atoms with Gasteiger partial charge in [-0.15, -0.1) is 11.3 Å². The van der Waals surface area contributed by atoms with Crippen LogP contribution in [0.2, 0.25) is 0 Å². The molecule has 0 amide bonds. The van der Waals surface area contributed by atoms with Crippen LogP contribution in [0.4, 0.5) is 0 Å². The van der Waals surface area contributed by atoms with Gasteiger partial charge in [0.05, 0.1) is 10.7 Å². The molecule has 0 aliphatic rings. The minimum atomic E-state index is 0.540. The maximum atomic E-state index is 4.51. The highest BCUT2D eigenvalue weighted by Crippen LogP contribution is 2.24. The molecular weight excluding hydrogens is 168 g/mol. The molecule has 12 heavy (non-hydrogen) atoms. The lowest BCUT2D eigenvalue weighted by molar-refractivity contribution is 0.769. The Kier molecular flexibility index (Phi) is 3.23. The third kappa shape index (κ3) is 2.05. The first-order valence-corrected chi connectivity index (χ1v) is 5.07. The highest BCUT2D eigenvalue weighted by atomic mass is 32.1. The fraction of sp³-hybridized carbons (Fsp3) is 0.667. The lowest BCUT2D eigenvalue weighted by atomic mass is 10.1. The van der Waals surface area contributed by atoms with Crippen LogP contribution < -0.4 is 5.32 Å². The Labute approximate surface area is 78.0 Å². The van der Waals surface area contributed by atoms with Crippen LogP contribution in [0, 0.1) is 6.92 Å². The molecule has 68 valence electrons. The van der Waals surface area contributed by atoms with E-state index < -0.39 is 0 Å². The molecule has 0 bridgehead atoms. The number of aryl methyl sites for hydroxylation is 1. The fourth-order valence-corrected chi connectivity index (χ4v) is 2.33. The molecule has 1 rings (SSSR count). The molecule has 0 unspecified atom stereocenters. The first-order chi connectivity index (χ1) is 5.65. The standard InChI is InChI=1S/C9H16N2S/c1-6(2)9-8(5-10-4)12-7(3)11-9/h6,10H,5H2,1-4H3. The van der Waals surface area contributed by atoms with E-state index in [1.54, 1.807) is 11.3 Å². The quantitative estimate of drug-likeness (QED) is 0.779. The van der Waals surface area contributed by atoms with Crippen molar-refractivity contribution in [1.29, 1.82) is 0 Å². The van der Waals surface area contributed by atoms with Crippen LogP contribution in [0.25, 0.3) is 0 Å². The number of hydrogen-bond donors (Lipinski definition) is 1. The summed E-state index contributed by atoms with van der Waals surface area (Å²) < 4.78 is 0. The van der Waals surface area contributed by atoms with Crippen molar-refractivity contribution in [3.8, 4) is 0 Å². The van der Waals surface area contributed by atoms with Crippen molar-refractivity contribution < 1.29 is 0 Å². The SMILES string of the molecule is CNCc1sc(C)nc1C(C)C. The molecule has 1 aromatic heterocycles. The van der Waals surface area contributed by atoms with E-state index in [0.29, 0.717) is 5.92 Å². The Balaban J connectivity index is 2.92. The van der Waals surface area contributed by atoms with E-state index in [2.05, 4.69) is 31.1 Å². The minimum absolute atomic E-state index is 0.540. The van der Waals surface area contributed by atoms with Crippen LogP contribution in [0.1, 0.15) is 35.3 Å². The topological polar surface area (TPSA) is 24.9 Å². The van der Waals surface area contributed by atoms with Gasteiger partial charge in [-0.1, -0.05) is 13.8 Å². The van der Waals surface area contributed by atoms with E-state index in [4.69, 9.17) is 0 Å². The number of nitrogens with one attached hydrogen (secondary N) is 1. The number of nitrogens with zero attached hydrogens (tertiary/aromatic N) is 1. The second-order valence-electron chi connectivity index (χ2n) is 3.23. The van der Waals surface area contributed by atoms with Gasteiger partial charge in [0, 0.05) is 11.4 Å². The largest absolute Gasteiger partial charge is 0.315 e. The van der Waals surface area contributed by atoms with Crippen molar-refractivity contribution in [3.05, 3.63) is 15.6 Å². The van der Waals surface area contributed by atoms with Crippen molar-refractivity contribution >= 4 is 11.3 Å². The van der Waals surface area contributed by atoms with E-state index in [-0.39, 0.29) is 0 Å². The van der Waals surface area contributed by atoms with E-state index >= 15 is 0 Å². The smallest absolute Gasteiger partial charge is 0.0900 e. The van der Waals surface area contributed by atoms with E-state index in [9.17, 15) is 0 Å². The Morgan fingerprint density at radius 3 is 2.67 bits per heavy atom. The molecule has 0 aliphatic carbocycles. The summed E-state index contributed by atoms with van der Waals surface area (Å²) in [5.41, 5.74) is 1.26. The Bertz CT molecular complexity index is 253. The second kappa shape index (κ2) is 4.01. The van der Waals surface area contributed by atoms with Crippen LogP contribution in [-0.4, -0.2) is 12.0 Å². The fourth-order valence-electron chi connectivity index (χ4n) is 1.22. The average Bonchev–Trinajstić information content (AvgIpc) is 2.32. The van der Waals surface area contributed by atoms with Crippen molar-refractivity contribution in [1.82, 2.24) is 10.3 Å². The van der Waals surface area contributed by atoms with Crippen molar-refractivity contribution in [2.45, 2.75) is 33.2 Å². The molecule has 1 N–H and O–H groups in total. The van der Waals surface area contributed by atoms with E-state index in [1.165, 1.54) is 15.6 Å². The molecule has 0 atom stereocenters. The number of rotatable bonds is 3. The Hall–Kier alpha value is -0.410. The normalized spacial score (nSPS) is 11.1. The summed E-state index contributed by atoms with van der Waals surface area (Å²) in [4.78, 5) is 5.89. The van der Waals surface area contributed by atoms with Gasteiger partial charge in [-0.2, -0.15) is 0 Å². The summed E-state index contributed by atoms with van der Waals surface area (Å²) in [5, 5.41) is 4.33. The monoisotopic (exact) mass is 184 g/mol. The van der Waals surface area contributed by atoms with Gasteiger partial charge in [-0.25, -0.2) is 4.98 Å². The predicted molar refractivity (Wildman–Crippen MR) is 53.7 cm³/mol. The summed E-state index contributed by atoms with van der Waals surface area (Å²) in [6.07, 6.45) is 0. The number of hydrogen-bond acceptors (Lipinski definition) is 3. The van der Waals surface area contributed by atoms with Gasteiger partial charge in [-0.3, -0.25) is 0 Å². The zero-order chi connectivity index (χ0) is 9.14. The van der Waals surface area contributed by atoms with Crippen molar-refractivity contribution in [2.24, 2.45) is 0 Å². The Morgan fingerprint density at radius 2 is 2.17 bits per heavy atom. The first-order valence-electron chi connectivity index (χ1n) is 4.26. The summed E-state index contributed by atoms with van der Waals surface area (Å²) in [5.74, 6) is 0.540. The minimum Gasteiger partial charge on any atom is -0.315 e. The van der Waals surface area contributed by atoms with Crippen LogP contribution in [0.3, 0.4) is 0 Å². The van der Waals surface area contributed by atoms with E-state index in [1.807, 2.05) is 7.05 Å². The zero-order valence-electron chi connectivity index (χ0n) is 8.14. The molecule has 0 fully saturated rings. The molecule has 0 aromatic carbocycles. The third-order valence-corrected chi connectivity index (χ3v) is 2.71. The third-order valence-electron chi connectivity index (χ3n) is 1.72. The first kappa shape index (κ1) is 9.68. The molecule has 0 spiro atoms. The lowest BCUT2D eigenvalue weighted by Crippen LogP contribution is -2.06. The summed E-state index contributed by atoms with van der Waals surface area (Å²) in [6.45, 7) is 7.38. The molecule has 3 heteroatoms. The Morgan fingerprint density at radius 1 is 1.50 bits per heavy atom. The lowest BCUT2D eigenvalue weighted by Gasteiger charge is -2.03. The average molecular weight is 184 g/mol. The molecule has 1 aromatic rings. The number of aromatic nitrogens is 1. The van der Waals surface area contributed by atoms with Crippen LogP contribution in [0.15, 0.2) is 0 Å². The van der Waals surface area contributed by atoms with Gasteiger partial charge in [0.1, 0.15) is 0 Å². The molecule has 2 nitrogen and oxygen atoms in total. The summed E-state index contributed by atoms with van der Waals surface area (Å²) in [6, 6.07) is 0. The van der Waals surface area contributed by atoms with Crippen molar-refractivity contribution in [2.75, 3.05) is 7.05 Å². The highest BCUT2D eigenvalue weighted by molar-refractivity contribution is 7.11. The summed E-state index contributed by atoms with van der Waals surface area (Å²) in [7, 11) is 1.97. The molecular formula is C9H16N2S. The summed E-state index contributed by atoms with van der Waals surface area (Å²) >= 11 is 1.79. The van der Waals surface area contributed by atoms with Gasteiger partial charge in [0.2, 0.25) is 0 Å². The van der Waals surface area contributed by atoms with Crippen LogP contribution in [-0.2, 0) is 6.54 Å². The highest BCUT2D eigenvalue weighted by Gasteiger charge is 2.10. The zero-order valence-corrected chi connectivity index (χ0v) is 8.96.